The van der Waals surface area contributed by atoms with E-state index in [0.29, 0.717) is 6.54 Å². The average molecular weight is 806 g/mol. The number of aryl methyl sites for hydroxylation is 1. The van der Waals surface area contributed by atoms with Crippen LogP contribution in [0.2, 0.25) is 0 Å². The van der Waals surface area contributed by atoms with Gasteiger partial charge in [-0.05, 0) is 89.7 Å². The number of aliphatic carboxylic acids is 1. The Morgan fingerprint density at radius 3 is 1.22 bits per heavy atom. The van der Waals surface area contributed by atoms with Gasteiger partial charge in [-0.3, -0.25) is 19.2 Å². The second-order valence-corrected chi connectivity index (χ2v) is 17.1. The molecule has 0 fully saturated rings. The number of amides is 3. The number of carbonyl (C=O) groups is 4. The van der Waals surface area contributed by atoms with Gasteiger partial charge in [-0.2, -0.15) is 0 Å². The summed E-state index contributed by atoms with van der Waals surface area (Å²) in [5.41, 5.74) is 8.40. The third-order valence-electron chi connectivity index (χ3n) is 9.89. The summed E-state index contributed by atoms with van der Waals surface area (Å²) >= 11 is 0. The molecule has 4 aromatic rings. The molecule has 0 saturated carbocycles. The average Bonchev–Trinajstić information content (AvgIpc) is 3.16. The summed E-state index contributed by atoms with van der Waals surface area (Å²) in [4.78, 5) is 49.7. The standard InChI is InChI=1S/C25H34N2O2.C15H21NO3.C11H16/c1-17(2)21-13-10-14-22(18(3)4)25(21)26-23(28)15-24(29)27(19(5)6)16-20-11-8-7-9-12-20;1-9(2)11-6-5-7-12(10(3)4)15(11)16-13(17)8-14(18)19;1-10(2)8-9-11-6-4-3-5-7-11/h7-14,17-19H,15-16H2,1-6H3,(H,26,28);5-7,9-10H,8H2,1-4H3,(H,16,17)(H,18,19);3-7,10H,8-9H2,1-2H3. The lowest BCUT2D eigenvalue weighted by Gasteiger charge is -2.27. The lowest BCUT2D eigenvalue weighted by molar-refractivity contribution is -0.140. The van der Waals surface area contributed by atoms with E-state index in [1.165, 1.54) is 18.4 Å². The van der Waals surface area contributed by atoms with E-state index in [0.717, 1.165) is 45.1 Å². The van der Waals surface area contributed by atoms with E-state index in [9.17, 15) is 19.2 Å². The van der Waals surface area contributed by atoms with Gasteiger partial charge in [-0.15, -0.1) is 0 Å². The second kappa shape index (κ2) is 25.3. The Hall–Kier alpha value is -5.24. The molecule has 0 bridgehead atoms. The molecular formula is C51H71N3O5. The molecule has 0 unspecified atom stereocenters. The van der Waals surface area contributed by atoms with Crippen LogP contribution in [-0.2, 0) is 32.1 Å². The number of carbonyl (C=O) groups excluding carboxylic acids is 3. The number of nitrogens with one attached hydrogen (secondary N) is 2. The van der Waals surface area contributed by atoms with Crippen molar-refractivity contribution in [3.05, 3.63) is 130 Å². The molecule has 8 heteroatoms. The summed E-state index contributed by atoms with van der Waals surface area (Å²) < 4.78 is 0. The van der Waals surface area contributed by atoms with Gasteiger partial charge in [0, 0.05) is 24.0 Å². The van der Waals surface area contributed by atoms with Crippen LogP contribution in [0.3, 0.4) is 0 Å². The summed E-state index contributed by atoms with van der Waals surface area (Å²) in [6, 6.07) is 32.6. The highest BCUT2D eigenvalue weighted by Crippen LogP contribution is 2.33. The van der Waals surface area contributed by atoms with E-state index >= 15 is 0 Å². The molecule has 0 heterocycles. The Bertz CT molecular complexity index is 1850. The van der Waals surface area contributed by atoms with Crippen molar-refractivity contribution in [3.63, 3.8) is 0 Å². The van der Waals surface area contributed by atoms with Crippen molar-refractivity contribution in [3.8, 4) is 0 Å². The first-order valence-corrected chi connectivity index (χ1v) is 21.3. The molecule has 0 aromatic heterocycles. The third-order valence-corrected chi connectivity index (χ3v) is 9.89. The van der Waals surface area contributed by atoms with Gasteiger partial charge >= 0.3 is 5.97 Å². The fourth-order valence-corrected chi connectivity index (χ4v) is 6.57. The zero-order valence-electron chi connectivity index (χ0n) is 37.8. The van der Waals surface area contributed by atoms with E-state index in [2.05, 4.69) is 82.5 Å². The lowest BCUT2D eigenvalue weighted by atomic mass is 9.92. The number of para-hydroxylation sites is 2. The number of anilines is 2. The minimum absolute atomic E-state index is 0.0182. The topological polar surface area (TPSA) is 116 Å². The zero-order valence-corrected chi connectivity index (χ0v) is 37.8. The van der Waals surface area contributed by atoms with Crippen molar-refractivity contribution in [2.45, 2.75) is 145 Å². The first-order chi connectivity index (χ1) is 27.8. The van der Waals surface area contributed by atoms with Crippen LogP contribution in [0.25, 0.3) is 0 Å². The van der Waals surface area contributed by atoms with Crippen LogP contribution in [0.4, 0.5) is 11.4 Å². The van der Waals surface area contributed by atoms with Crippen molar-refractivity contribution >= 4 is 35.1 Å². The van der Waals surface area contributed by atoms with Crippen LogP contribution in [0.5, 0.6) is 0 Å². The monoisotopic (exact) mass is 806 g/mol. The van der Waals surface area contributed by atoms with Gasteiger partial charge in [0.2, 0.25) is 17.7 Å². The van der Waals surface area contributed by atoms with Crippen LogP contribution < -0.4 is 10.6 Å². The predicted molar refractivity (Wildman–Crippen MR) is 245 cm³/mol. The molecule has 0 spiro atoms. The molecule has 8 nitrogen and oxygen atoms in total. The minimum Gasteiger partial charge on any atom is -0.481 e. The van der Waals surface area contributed by atoms with E-state index in [1.807, 2.05) is 108 Å². The fourth-order valence-electron chi connectivity index (χ4n) is 6.57. The van der Waals surface area contributed by atoms with Crippen LogP contribution in [-0.4, -0.2) is 39.7 Å². The predicted octanol–water partition coefficient (Wildman–Crippen LogP) is 12.3. The van der Waals surface area contributed by atoms with Gasteiger partial charge in [0.15, 0.2) is 0 Å². The Morgan fingerprint density at radius 2 is 0.881 bits per heavy atom. The maximum Gasteiger partial charge on any atom is 0.312 e. The van der Waals surface area contributed by atoms with Crippen molar-refractivity contribution in [1.82, 2.24) is 4.90 Å². The number of carboxylic acid groups (broad SMARTS) is 1. The second-order valence-electron chi connectivity index (χ2n) is 17.1. The van der Waals surface area contributed by atoms with Crippen LogP contribution >= 0.6 is 0 Å². The molecule has 0 aliphatic rings. The summed E-state index contributed by atoms with van der Waals surface area (Å²) in [5.74, 6) is -0.117. The Labute approximate surface area is 355 Å². The lowest BCUT2D eigenvalue weighted by Crippen LogP contribution is -2.38. The summed E-state index contributed by atoms with van der Waals surface area (Å²) in [5, 5.41) is 14.5. The minimum atomic E-state index is -1.12. The molecule has 0 aliphatic heterocycles. The smallest absolute Gasteiger partial charge is 0.312 e. The molecule has 0 radical (unpaired) electrons. The van der Waals surface area contributed by atoms with Crippen LogP contribution in [0.1, 0.15) is 159 Å². The van der Waals surface area contributed by atoms with Crippen LogP contribution in [0, 0.1) is 5.92 Å². The Kier molecular flexibility index (Phi) is 21.4. The number of hydrogen-bond donors (Lipinski definition) is 3. The number of nitrogens with zero attached hydrogens (tertiary/aromatic N) is 1. The van der Waals surface area contributed by atoms with Crippen molar-refractivity contribution < 1.29 is 24.3 Å². The molecule has 3 N–H and O–H groups in total. The number of rotatable bonds is 16. The highest BCUT2D eigenvalue weighted by Gasteiger charge is 2.23. The van der Waals surface area contributed by atoms with E-state index in [4.69, 9.17) is 5.11 Å². The highest BCUT2D eigenvalue weighted by atomic mass is 16.4. The van der Waals surface area contributed by atoms with Crippen molar-refractivity contribution in [2.75, 3.05) is 10.6 Å². The highest BCUT2D eigenvalue weighted by molar-refractivity contribution is 6.04. The van der Waals surface area contributed by atoms with E-state index < -0.39 is 18.3 Å². The SMILES string of the molecule is CC(C)CCc1ccccc1.CC(C)c1cccc(C(C)C)c1NC(=O)CC(=O)N(Cc1ccccc1)C(C)C.CC(C)c1cccc(C(C)C)c1NC(=O)CC(=O)O. The van der Waals surface area contributed by atoms with Gasteiger partial charge in [-0.25, -0.2) is 0 Å². The van der Waals surface area contributed by atoms with Gasteiger partial charge < -0.3 is 20.6 Å². The van der Waals surface area contributed by atoms with Gasteiger partial charge in [0.25, 0.3) is 0 Å². The van der Waals surface area contributed by atoms with Crippen molar-refractivity contribution in [1.29, 1.82) is 0 Å². The number of benzene rings is 4. The number of carboxylic acids is 1. The summed E-state index contributed by atoms with van der Waals surface area (Å²) in [6.07, 6.45) is 1.85. The van der Waals surface area contributed by atoms with Gasteiger partial charge in [0.1, 0.15) is 12.8 Å². The first kappa shape index (κ1) is 49.9. The van der Waals surface area contributed by atoms with E-state index in [1.54, 1.807) is 4.90 Å². The molecule has 0 atom stereocenters. The molecule has 320 valence electrons. The molecule has 4 rings (SSSR count). The molecule has 59 heavy (non-hydrogen) atoms. The van der Waals surface area contributed by atoms with E-state index in [-0.39, 0.29) is 47.9 Å². The van der Waals surface area contributed by atoms with Gasteiger partial charge in [-0.1, -0.05) is 166 Å². The summed E-state index contributed by atoms with van der Waals surface area (Å²) in [6.45, 7) is 25.6. The molecule has 3 amide bonds. The molecular weight excluding hydrogens is 735 g/mol. The Morgan fingerprint density at radius 1 is 0.508 bits per heavy atom. The maximum absolute atomic E-state index is 12.9. The van der Waals surface area contributed by atoms with Crippen molar-refractivity contribution in [2.24, 2.45) is 5.92 Å². The molecule has 0 saturated heterocycles. The first-order valence-electron chi connectivity index (χ1n) is 21.3. The normalized spacial score (nSPS) is 10.9. The zero-order chi connectivity index (χ0) is 44.2. The fraction of sp³-hybridized carbons (Fsp3) is 0.451. The largest absolute Gasteiger partial charge is 0.481 e. The summed E-state index contributed by atoms with van der Waals surface area (Å²) in [7, 11) is 0. The van der Waals surface area contributed by atoms with Crippen LogP contribution in [0.15, 0.2) is 97.1 Å². The molecule has 0 aliphatic carbocycles. The third kappa shape index (κ3) is 17.7. The number of hydrogen-bond acceptors (Lipinski definition) is 4. The molecule has 4 aromatic carbocycles. The Balaban J connectivity index is 0.000000341. The maximum atomic E-state index is 12.9. The van der Waals surface area contributed by atoms with Gasteiger partial charge in [0.05, 0.1) is 0 Å². The quantitative estimate of drug-likeness (QED) is 0.0975.